The number of aromatic carboxylic acids is 2. The average Bonchev–Trinajstić information content (AvgIpc) is 2.55. The Kier molecular flexibility index (Phi) is 3.15. The summed E-state index contributed by atoms with van der Waals surface area (Å²) < 4.78 is 9.60. The van der Waals surface area contributed by atoms with Crippen LogP contribution in [0.4, 0.5) is 0 Å². The van der Waals surface area contributed by atoms with Crippen LogP contribution in [-0.2, 0) is 0 Å². The second-order valence-electron chi connectivity index (χ2n) is 2.44. The lowest BCUT2D eigenvalue weighted by atomic mass is 10.3. The molecular weight excluding hydrogens is 224 g/mol. The Hall–Kier alpha value is -1.76. The van der Waals surface area contributed by atoms with Crippen LogP contribution >= 0.6 is 11.3 Å². The number of carboxylic acid groups (broad SMARTS) is 2. The maximum atomic E-state index is 10.8. The number of carboxylic acids is 2. The van der Waals surface area contributed by atoms with Crippen molar-refractivity contribution in [3.8, 4) is 11.5 Å². The monoisotopic (exact) mass is 232 g/mol. The zero-order chi connectivity index (χ0) is 11.6. The molecule has 0 aliphatic rings. The molecule has 82 valence electrons. The van der Waals surface area contributed by atoms with E-state index in [2.05, 4.69) is 0 Å². The van der Waals surface area contributed by atoms with Crippen molar-refractivity contribution in [1.82, 2.24) is 0 Å². The van der Waals surface area contributed by atoms with Gasteiger partial charge in [0.15, 0.2) is 21.3 Å². The van der Waals surface area contributed by atoms with E-state index < -0.39 is 11.9 Å². The predicted molar refractivity (Wildman–Crippen MR) is 51.3 cm³/mol. The molecule has 0 radical (unpaired) electrons. The fourth-order valence-corrected chi connectivity index (χ4v) is 1.97. The van der Waals surface area contributed by atoms with Gasteiger partial charge in [0, 0.05) is 0 Å². The Morgan fingerprint density at radius 2 is 1.33 bits per heavy atom. The second-order valence-corrected chi connectivity index (χ2v) is 3.46. The highest BCUT2D eigenvalue weighted by molar-refractivity contribution is 7.16. The topological polar surface area (TPSA) is 93.1 Å². The molecular formula is C8H8O6S. The molecule has 1 rings (SSSR count). The van der Waals surface area contributed by atoms with Gasteiger partial charge in [-0.2, -0.15) is 0 Å². The SMILES string of the molecule is COc1c(C(=O)O)sc(C(=O)O)c1OC. The van der Waals surface area contributed by atoms with E-state index in [4.69, 9.17) is 19.7 Å². The first-order valence-electron chi connectivity index (χ1n) is 3.74. The molecule has 0 spiro atoms. The molecule has 0 aliphatic carbocycles. The van der Waals surface area contributed by atoms with E-state index in [9.17, 15) is 9.59 Å². The zero-order valence-corrected chi connectivity index (χ0v) is 8.75. The number of ether oxygens (including phenoxy) is 2. The molecule has 15 heavy (non-hydrogen) atoms. The summed E-state index contributed by atoms with van der Waals surface area (Å²) in [5, 5.41) is 17.6. The van der Waals surface area contributed by atoms with E-state index in [0.717, 1.165) is 0 Å². The van der Waals surface area contributed by atoms with Crippen LogP contribution in [0.25, 0.3) is 0 Å². The molecule has 0 bridgehead atoms. The van der Waals surface area contributed by atoms with Crippen molar-refractivity contribution >= 4 is 23.3 Å². The highest BCUT2D eigenvalue weighted by atomic mass is 32.1. The molecule has 0 unspecified atom stereocenters. The first-order valence-corrected chi connectivity index (χ1v) is 4.55. The van der Waals surface area contributed by atoms with Crippen molar-refractivity contribution in [3.05, 3.63) is 9.75 Å². The molecule has 0 aromatic carbocycles. The van der Waals surface area contributed by atoms with Crippen molar-refractivity contribution < 1.29 is 29.3 Å². The molecule has 2 N–H and O–H groups in total. The Morgan fingerprint density at radius 1 is 1.00 bits per heavy atom. The standard InChI is InChI=1S/C8H8O6S/c1-13-3-4(14-2)6(8(11)12)15-5(3)7(9)10/h1-2H3,(H,9,10)(H,11,12). The first-order chi connectivity index (χ1) is 7.02. The Bertz CT molecular complexity index is 371. The third kappa shape index (κ3) is 1.86. The Labute approximate surface area is 88.7 Å². The van der Waals surface area contributed by atoms with Gasteiger partial charge in [0.2, 0.25) is 0 Å². The maximum Gasteiger partial charge on any atom is 0.349 e. The summed E-state index contributed by atoms with van der Waals surface area (Å²) in [6.45, 7) is 0. The molecule has 0 atom stereocenters. The second kappa shape index (κ2) is 4.18. The third-order valence-electron chi connectivity index (χ3n) is 1.62. The highest BCUT2D eigenvalue weighted by Gasteiger charge is 2.27. The lowest BCUT2D eigenvalue weighted by molar-refractivity contribution is 0.0687. The van der Waals surface area contributed by atoms with E-state index in [1.54, 1.807) is 0 Å². The number of hydrogen-bond acceptors (Lipinski definition) is 5. The summed E-state index contributed by atoms with van der Waals surface area (Å²) in [4.78, 5) is 21.2. The van der Waals surface area contributed by atoms with Gasteiger partial charge in [0.05, 0.1) is 14.2 Å². The lowest BCUT2D eigenvalue weighted by Crippen LogP contribution is -1.98. The molecule has 0 fully saturated rings. The van der Waals surface area contributed by atoms with E-state index >= 15 is 0 Å². The van der Waals surface area contributed by atoms with Crippen molar-refractivity contribution in [2.45, 2.75) is 0 Å². The Balaban J connectivity index is 3.44. The molecule has 0 amide bonds. The van der Waals surface area contributed by atoms with Gasteiger partial charge in [0.25, 0.3) is 0 Å². The van der Waals surface area contributed by atoms with Crippen LogP contribution in [0.15, 0.2) is 0 Å². The van der Waals surface area contributed by atoms with Gasteiger partial charge < -0.3 is 19.7 Å². The summed E-state index contributed by atoms with van der Waals surface area (Å²) in [5.74, 6) is -2.62. The third-order valence-corrected chi connectivity index (χ3v) is 2.75. The van der Waals surface area contributed by atoms with Crippen molar-refractivity contribution in [2.75, 3.05) is 14.2 Å². The predicted octanol–water partition coefficient (Wildman–Crippen LogP) is 1.16. The largest absolute Gasteiger partial charge is 0.491 e. The van der Waals surface area contributed by atoms with Gasteiger partial charge in [-0.3, -0.25) is 0 Å². The van der Waals surface area contributed by atoms with Crippen LogP contribution in [0.2, 0.25) is 0 Å². The fraction of sp³-hybridized carbons (Fsp3) is 0.250. The zero-order valence-electron chi connectivity index (χ0n) is 7.94. The molecule has 0 saturated heterocycles. The van der Waals surface area contributed by atoms with E-state index in [1.807, 2.05) is 0 Å². The quantitative estimate of drug-likeness (QED) is 0.809. The van der Waals surface area contributed by atoms with Gasteiger partial charge in [-0.15, -0.1) is 11.3 Å². The molecule has 7 heteroatoms. The molecule has 1 aromatic rings. The van der Waals surface area contributed by atoms with Crippen LogP contribution in [0.5, 0.6) is 11.5 Å². The first kappa shape index (κ1) is 11.3. The van der Waals surface area contributed by atoms with E-state index in [0.29, 0.717) is 11.3 Å². The van der Waals surface area contributed by atoms with Crippen LogP contribution in [0, 0.1) is 0 Å². The van der Waals surface area contributed by atoms with Gasteiger partial charge in [-0.05, 0) is 0 Å². The number of carbonyl (C=O) groups is 2. The molecule has 1 aromatic heterocycles. The minimum atomic E-state index is -1.25. The van der Waals surface area contributed by atoms with Gasteiger partial charge in [0.1, 0.15) is 0 Å². The highest BCUT2D eigenvalue weighted by Crippen LogP contribution is 2.41. The maximum absolute atomic E-state index is 10.8. The van der Waals surface area contributed by atoms with Gasteiger partial charge in [-0.1, -0.05) is 0 Å². The van der Waals surface area contributed by atoms with Crippen LogP contribution in [0.1, 0.15) is 19.3 Å². The van der Waals surface area contributed by atoms with E-state index in [1.165, 1.54) is 14.2 Å². The van der Waals surface area contributed by atoms with Crippen molar-refractivity contribution in [1.29, 1.82) is 0 Å². The van der Waals surface area contributed by atoms with Gasteiger partial charge >= 0.3 is 11.9 Å². The van der Waals surface area contributed by atoms with Crippen LogP contribution in [-0.4, -0.2) is 36.4 Å². The minimum Gasteiger partial charge on any atom is -0.491 e. The van der Waals surface area contributed by atoms with Crippen LogP contribution in [0.3, 0.4) is 0 Å². The van der Waals surface area contributed by atoms with Crippen LogP contribution < -0.4 is 9.47 Å². The molecule has 6 nitrogen and oxygen atoms in total. The number of rotatable bonds is 4. The van der Waals surface area contributed by atoms with Gasteiger partial charge in [-0.25, -0.2) is 9.59 Å². The summed E-state index contributed by atoms with van der Waals surface area (Å²) in [5.41, 5.74) is 0. The van der Waals surface area contributed by atoms with E-state index in [-0.39, 0.29) is 21.3 Å². The number of thiophene rings is 1. The summed E-state index contributed by atoms with van der Waals surface area (Å²) in [6.07, 6.45) is 0. The minimum absolute atomic E-state index is 0.0626. The van der Waals surface area contributed by atoms with Crippen molar-refractivity contribution in [3.63, 3.8) is 0 Å². The smallest absolute Gasteiger partial charge is 0.349 e. The number of hydrogen-bond donors (Lipinski definition) is 2. The van der Waals surface area contributed by atoms with Crippen molar-refractivity contribution in [2.24, 2.45) is 0 Å². The number of methoxy groups -OCH3 is 2. The average molecular weight is 232 g/mol. The summed E-state index contributed by atoms with van der Waals surface area (Å²) in [6, 6.07) is 0. The molecule has 0 saturated carbocycles. The summed E-state index contributed by atoms with van der Waals surface area (Å²) >= 11 is 0.602. The normalized spacial score (nSPS) is 9.73. The fourth-order valence-electron chi connectivity index (χ4n) is 1.05. The summed E-state index contributed by atoms with van der Waals surface area (Å²) in [7, 11) is 2.51. The Morgan fingerprint density at radius 3 is 1.53 bits per heavy atom. The molecule has 0 aliphatic heterocycles. The lowest BCUT2D eigenvalue weighted by Gasteiger charge is -2.02. The molecule has 1 heterocycles.